The number of likely N-dealkylation sites (N-methyl/N-ethyl adjacent to an activating group) is 1. The van der Waals surface area contributed by atoms with Crippen LogP contribution in [0, 0.1) is 0 Å². The summed E-state index contributed by atoms with van der Waals surface area (Å²) < 4.78 is 5.86. The van der Waals surface area contributed by atoms with Crippen LogP contribution in [0.5, 0.6) is 0 Å². The van der Waals surface area contributed by atoms with Gasteiger partial charge in [-0.25, -0.2) is 0 Å². The SMILES string of the molecule is C[N+](C)(C)CC(CC(=O)O)OC(=O)CCCC/C=C/CCCCC(=O)O. The maximum atomic E-state index is 11.9. The highest BCUT2D eigenvalue weighted by molar-refractivity contribution is 5.71. The Hall–Kier alpha value is -1.89. The van der Waals surface area contributed by atoms with Crippen LogP contribution in [0.2, 0.25) is 0 Å². The lowest BCUT2D eigenvalue weighted by molar-refractivity contribution is -0.873. The molecule has 2 N–H and O–H groups in total. The fourth-order valence-corrected chi connectivity index (χ4v) is 2.50. The lowest BCUT2D eigenvalue weighted by atomic mass is 10.1. The van der Waals surface area contributed by atoms with Crippen LogP contribution >= 0.6 is 0 Å². The Balaban J connectivity index is 3.88. The number of hydrogen-bond donors (Lipinski definition) is 2. The van der Waals surface area contributed by atoms with Gasteiger partial charge < -0.3 is 19.4 Å². The van der Waals surface area contributed by atoms with E-state index in [1.165, 1.54) is 0 Å². The monoisotopic (exact) mass is 372 g/mol. The quantitative estimate of drug-likeness (QED) is 0.198. The first-order valence-corrected chi connectivity index (χ1v) is 9.18. The summed E-state index contributed by atoms with van der Waals surface area (Å²) in [5.41, 5.74) is 0. The van der Waals surface area contributed by atoms with Crippen LogP contribution in [0.25, 0.3) is 0 Å². The van der Waals surface area contributed by atoms with Crippen molar-refractivity contribution in [2.75, 3.05) is 27.7 Å². The molecule has 0 aliphatic carbocycles. The smallest absolute Gasteiger partial charge is 0.307 e. The van der Waals surface area contributed by atoms with Gasteiger partial charge in [0.1, 0.15) is 6.54 Å². The zero-order valence-corrected chi connectivity index (χ0v) is 16.3. The van der Waals surface area contributed by atoms with Crippen LogP contribution in [0.3, 0.4) is 0 Å². The molecular formula is C19H34NO6+. The number of ether oxygens (including phenoxy) is 1. The van der Waals surface area contributed by atoms with Crippen molar-refractivity contribution < 1.29 is 33.8 Å². The zero-order valence-electron chi connectivity index (χ0n) is 16.3. The van der Waals surface area contributed by atoms with E-state index in [1.54, 1.807) is 0 Å². The van der Waals surface area contributed by atoms with E-state index in [2.05, 4.69) is 6.08 Å². The largest absolute Gasteiger partial charge is 0.481 e. The van der Waals surface area contributed by atoms with Crippen LogP contribution < -0.4 is 0 Å². The predicted molar refractivity (Wildman–Crippen MR) is 98.7 cm³/mol. The molecule has 0 aromatic heterocycles. The number of esters is 1. The molecule has 150 valence electrons. The van der Waals surface area contributed by atoms with Gasteiger partial charge in [-0.3, -0.25) is 14.4 Å². The van der Waals surface area contributed by atoms with Gasteiger partial charge in [-0.1, -0.05) is 12.2 Å². The van der Waals surface area contributed by atoms with Gasteiger partial charge in [0.05, 0.1) is 27.6 Å². The average molecular weight is 372 g/mol. The molecule has 7 heteroatoms. The van der Waals surface area contributed by atoms with E-state index >= 15 is 0 Å². The Bertz CT molecular complexity index is 467. The van der Waals surface area contributed by atoms with Gasteiger partial charge in [-0.15, -0.1) is 0 Å². The maximum absolute atomic E-state index is 11.9. The molecule has 0 aromatic carbocycles. The minimum Gasteiger partial charge on any atom is -0.481 e. The van der Waals surface area contributed by atoms with Crippen LogP contribution in [-0.2, 0) is 19.1 Å². The van der Waals surface area contributed by atoms with Crippen molar-refractivity contribution in [2.24, 2.45) is 0 Å². The summed E-state index contributed by atoms with van der Waals surface area (Å²) in [5, 5.41) is 17.5. The standard InChI is InChI=1S/C19H33NO6/c1-20(2,3)15-16(14-18(23)24)26-19(25)13-11-9-7-5-4-6-8-10-12-17(21)22/h4-5,16H,6-15H2,1-3H3,(H-,21,22,23,24)/p+1/b5-4+. The molecule has 1 unspecified atom stereocenters. The van der Waals surface area contributed by atoms with E-state index < -0.39 is 18.0 Å². The van der Waals surface area contributed by atoms with Gasteiger partial charge >= 0.3 is 17.9 Å². The predicted octanol–water partition coefficient (Wildman–Crippen LogP) is 2.84. The molecule has 1 atom stereocenters. The number of quaternary nitrogens is 1. The summed E-state index contributed by atoms with van der Waals surface area (Å²) in [6.07, 6.45) is 8.68. The van der Waals surface area contributed by atoms with Crippen LogP contribution in [0.15, 0.2) is 12.2 Å². The third kappa shape index (κ3) is 17.0. The first-order chi connectivity index (χ1) is 12.1. The van der Waals surface area contributed by atoms with Gasteiger partial charge in [0.2, 0.25) is 0 Å². The van der Waals surface area contributed by atoms with Gasteiger partial charge in [0.15, 0.2) is 6.10 Å². The van der Waals surface area contributed by atoms with Crippen molar-refractivity contribution in [1.29, 1.82) is 0 Å². The molecule has 7 nitrogen and oxygen atoms in total. The van der Waals surface area contributed by atoms with Crippen molar-refractivity contribution in [3.8, 4) is 0 Å². The molecule has 26 heavy (non-hydrogen) atoms. The third-order valence-electron chi connectivity index (χ3n) is 3.63. The van der Waals surface area contributed by atoms with Crippen molar-refractivity contribution in [2.45, 2.75) is 63.9 Å². The van der Waals surface area contributed by atoms with Crippen LogP contribution in [0.4, 0.5) is 0 Å². The molecule has 0 bridgehead atoms. The van der Waals surface area contributed by atoms with E-state index in [9.17, 15) is 14.4 Å². The fourth-order valence-electron chi connectivity index (χ4n) is 2.50. The van der Waals surface area contributed by atoms with Crippen molar-refractivity contribution in [3.05, 3.63) is 12.2 Å². The lowest BCUT2D eigenvalue weighted by Crippen LogP contribution is -2.43. The molecule has 0 radical (unpaired) electrons. The van der Waals surface area contributed by atoms with Crippen molar-refractivity contribution in [3.63, 3.8) is 0 Å². The Kier molecular flexibility index (Phi) is 12.4. The summed E-state index contributed by atoms with van der Waals surface area (Å²) in [5.74, 6) is -2.07. The normalized spacial score (nSPS) is 12.9. The van der Waals surface area contributed by atoms with Gasteiger partial charge in [-0.05, 0) is 38.5 Å². The molecule has 0 amide bonds. The summed E-state index contributed by atoms with van der Waals surface area (Å²) in [6, 6.07) is 0. The maximum Gasteiger partial charge on any atom is 0.307 e. The first-order valence-electron chi connectivity index (χ1n) is 9.18. The van der Waals surface area contributed by atoms with E-state index in [1.807, 2.05) is 27.2 Å². The van der Waals surface area contributed by atoms with Crippen molar-refractivity contribution in [1.82, 2.24) is 0 Å². The van der Waals surface area contributed by atoms with E-state index in [4.69, 9.17) is 14.9 Å². The highest BCUT2D eigenvalue weighted by Crippen LogP contribution is 2.09. The number of rotatable bonds is 15. The van der Waals surface area contributed by atoms with E-state index in [0.29, 0.717) is 30.3 Å². The number of aliphatic carboxylic acids is 2. The number of allylic oxidation sites excluding steroid dienone is 2. The molecule has 0 rings (SSSR count). The second-order valence-corrected chi connectivity index (χ2v) is 7.54. The third-order valence-corrected chi connectivity index (χ3v) is 3.63. The number of nitrogens with zero attached hydrogens (tertiary/aromatic N) is 1. The molecular weight excluding hydrogens is 338 g/mol. The molecule has 0 aliphatic rings. The summed E-state index contributed by atoms with van der Waals surface area (Å²) in [6.45, 7) is 0.461. The number of carbonyl (C=O) groups is 3. The summed E-state index contributed by atoms with van der Waals surface area (Å²) in [7, 11) is 5.78. The number of carbonyl (C=O) groups excluding carboxylic acids is 1. The molecule has 0 saturated heterocycles. The molecule has 0 spiro atoms. The van der Waals surface area contributed by atoms with Crippen LogP contribution in [-0.4, -0.2) is 66.4 Å². The molecule has 0 fully saturated rings. The topological polar surface area (TPSA) is 101 Å². The average Bonchev–Trinajstić information content (AvgIpc) is 2.46. The van der Waals surface area contributed by atoms with Crippen molar-refractivity contribution >= 4 is 17.9 Å². The highest BCUT2D eigenvalue weighted by Gasteiger charge is 2.24. The van der Waals surface area contributed by atoms with Gasteiger partial charge in [0.25, 0.3) is 0 Å². The molecule has 0 aromatic rings. The Morgan fingerprint density at radius 2 is 1.42 bits per heavy atom. The minimum atomic E-state index is -0.968. The van der Waals surface area contributed by atoms with E-state index in [0.717, 1.165) is 25.7 Å². The molecule has 0 saturated carbocycles. The second kappa shape index (κ2) is 13.3. The Morgan fingerprint density at radius 1 is 0.885 bits per heavy atom. The Labute approximate surface area is 156 Å². The first kappa shape index (κ1) is 24.1. The van der Waals surface area contributed by atoms with Gasteiger partial charge in [0, 0.05) is 12.8 Å². The zero-order chi connectivity index (χ0) is 20.0. The summed E-state index contributed by atoms with van der Waals surface area (Å²) >= 11 is 0. The molecule has 0 heterocycles. The number of carboxylic acids is 2. The minimum absolute atomic E-state index is 0.175. The number of carboxylic acid groups (broad SMARTS) is 2. The van der Waals surface area contributed by atoms with E-state index in [-0.39, 0.29) is 18.8 Å². The molecule has 0 aliphatic heterocycles. The second-order valence-electron chi connectivity index (χ2n) is 7.54. The van der Waals surface area contributed by atoms with Gasteiger partial charge in [-0.2, -0.15) is 0 Å². The highest BCUT2D eigenvalue weighted by atomic mass is 16.5. The number of unbranched alkanes of at least 4 members (excludes halogenated alkanes) is 4. The Morgan fingerprint density at radius 3 is 1.88 bits per heavy atom. The van der Waals surface area contributed by atoms with Crippen LogP contribution in [0.1, 0.15) is 57.8 Å². The number of hydrogen-bond acceptors (Lipinski definition) is 4. The fraction of sp³-hybridized carbons (Fsp3) is 0.737. The lowest BCUT2D eigenvalue weighted by Gasteiger charge is -2.28. The summed E-state index contributed by atoms with van der Waals surface area (Å²) in [4.78, 5) is 33.2.